The monoisotopic (exact) mass is 592 g/mol. The van der Waals surface area contributed by atoms with Crippen LogP contribution < -0.4 is 9.46 Å². The molecule has 1 aromatic heterocycles. The molecule has 0 fully saturated rings. The Labute approximate surface area is 218 Å². The van der Waals surface area contributed by atoms with Gasteiger partial charge in [-0.15, -0.1) is 0 Å². The second kappa shape index (κ2) is 10.6. The van der Waals surface area contributed by atoms with E-state index < -0.39 is 51.0 Å². The number of sulfonamides is 1. The number of aromatic nitrogens is 1. The maximum Gasteiger partial charge on any atom is 0.511 e. The van der Waals surface area contributed by atoms with Crippen molar-refractivity contribution in [1.82, 2.24) is 9.71 Å². The first-order valence-electron chi connectivity index (χ1n) is 10.9. The van der Waals surface area contributed by atoms with Gasteiger partial charge in [-0.3, -0.25) is 0 Å². The lowest BCUT2D eigenvalue weighted by Crippen LogP contribution is -2.37. The molecule has 206 valence electrons. The molecule has 0 radical (unpaired) electrons. The van der Waals surface area contributed by atoms with E-state index in [1.165, 1.54) is 35.2 Å². The summed E-state index contributed by atoms with van der Waals surface area (Å²) in [6, 6.07) is 10.6. The number of rotatable bonds is 9. The largest absolute Gasteiger partial charge is 0.511 e. The number of hydrogen-bond acceptors (Lipinski definition) is 8. The molecule has 0 saturated carbocycles. The molecule has 0 aliphatic heterocycles. The molecule has 38 heavy (non-hydrogen) atoms. The number of pyridine rings is 1. The SMILES string of the molecule is CC(C)Oc1ccc(S(=O)(=O)c2ccc(C(C)NS(=O)(=O)C(F)(F)F)cc2)c(S(=O)(=O)c2ccccn2)c1. The summed E-state index contributed by atoms with van der Waals surface area (Å²) < 4.78 is 122. The third-order valence-electron chi connectivity index (χ3n) is 5.11. The topological polar surface area (TPSA) is 137 Å². The second-order valence-corrected chi connectivity index (χ2v) is 13.8. The number of hydrogen-bond donors (Lipinski definition) is 1. The molecule has 2 aromatic carbocycles. The van der Waals surface area contributed by atoms with Crippen molar-refractivity contribution >= 4 is 29.7 Å². The predicted molar refractivity (Wildman–Crippen MR) is 130 cm³/mol. The van der Waals surface area contributed by atoms with Crippen LogP contribution in [0.3, 0.4) is 0 Å². The summed E-state index contributed by atoms with van der Waals surface area (Å²) in [4.78, 5) is 2.31. The van der Waals surface area contributed by atoms with E-state index >= 15 is 0 Å². The lowest BCUT2D eigenvalue weighted by atomic mass is 10.1. The van der Waals surface area contributed by atoms with E-state index in [-0.39, 0.29) is 27.3 Å². The Morgan fingerprint density at radius 1 is 0.816 bits per heavy atom. The van der Waals surface area contributed by atoms with Crippen molar-refractivity contribution in [3.05, 3.63) is 72.4 Å². The molecule has 1 unspecified atom stereocenters. The van der Waals surface area contributed by atoms with Gasteiger partial charge in [-0.05, 0) is 62.7 Å². The fourth-order valence-corrected chi connectivity index (χ4v) is 7.31. The van der Waals surface area contributed by atoms with Gasteiger partial charge in [-0.25, -0.2) is 35.0 Å². The number of benzene rings is 2. The number of halogens is 3. The predicted octanol–water partition coefficient (Wildman–Crippen LogP) is 4.03. The minimum atomic E-state index is -5.64. The highest BCUT2D eigenvalue weighted by Gasteiger charge is 2.46. The lowest BCUT2D eigenvalue weighted by molar-refractivity contribution is -0.0450. The Kier molecular flexibility index (Phi) is 8.27. The standard InChI is InChI=1S/C23H23F3N2O7S3/c1-15(2)35-18-9-12-20(21(14-18)37(31,32)22-6-4-5-13-27-22)36(29,30)19-10-7-17(8-11-19)16(3)28-38(33,34)23(24,25)26/h4-16,28H,1-3H3. The van der Waals surface area contributed by atoms with Crippen LogP contribution in [0, 0.1) is 0 Å². The lowest BCUT2D eigenvalue weighted by Gasteiger charge is -2.17. The van der Waals surface area contributed by atoms with E-state index in [0.29, 0.717) is 0 Å². The van der Waals surface area contributed by atoms with Crippen molar-refractivity contribution in [2.45, 2.75) is 58.1 Å². The van der Waals surface area contributed by atoms with E-state index in [1.54, 1.807) is 13.8 Å². The summed E-state index contributed by atoms with van der Waals surface area (Å²) in [6.45, 7) is 4.56. The number of sulfone groups is 2. The highest BCUT2D eigenvalue weighted by molar-refractivity contribution is 7.94. The summed E-state index contributed by atoms with van der Waals surface area (Å²) in [5, 5.41) is -0.390. The Bertz CT molecular complexity index is 1620. The van der Waals surface area contributed by atoms with Gasteiger partial charge in [0.2, 0.25) is 19.7 Å². The fourth-order valence-electron chi connectivity index (χ4n) is 3.31. The molecule has 0 aliphatic rings. The summed E-state index contributed by atoms with van der Waals surface area (Å²) >= 11 is 0. The van der Waals surface area contributed by atoms with Crippen molar-refractivity contribution in [2.24, 2.45) is 0 Å². The molecule has 0 aliphatic carbocycles. The van der Waals surface area contributed by atoms with Gasteiger partial charge in [-0.2, -0.15) is 13.2 Å². The van der Waals surface area contributed by atoms with Gasteiger partial charge in [-0.1, -0.05) is 18.2 Å². The minimum absolute atomic E-state index is 0.0405. The van der Waals surface area contributed by atoms with E-state index in [4.69, 9.17) is 4.74 Å². The highest BCUT2D eigenvalue weighted by Crippen LogP contribution is 2.34. The molecule has 1 atom stereocenters. The molecule has 0 spiro atoms. The summed E-state index contributed by atoms with van der Waals surface area (Å²) in [5.74, 6) is 0.106. The number of nitrogens with zero attached hydrogens (tertiary/aromatic N) is 1. The van der Waals surface area contributed by atoms with Gasteiger partial charge in [0.1, 0.15) is 5.75 Å². The van der Waals surface area contributed by atoms with Gasteiger partial charge in [0.25, 0.3) is 0 Å². The van der Waals surface area contributed by atoms with E-state index in [1.807, 2.05) is 0 Å². The molecule has 15 heteroatoms. The van der Waals surface area contributed by atoms with E-state index in [9.17, 15) is 38.4 Å². The van der Waals surface area contributed by atoms with Crippen LogP contribution in [-0.2, 0) is 29.7 Å². The van der Waals surface area contributed by atoms with E-state index in [0.717, 1.165) is 43.3 Å². The summed E-state index contributed by atoms with van der Waals surface area (Å²) in [7, 11) is -14.6. The number of ether oxygens (including phenoxy) is 1. The molecule has 1 N–H and O–H groups in total. The van der Waals surface area contributed by atoms with Crippen LogP contribution in [0.25, 0.3) is 0 Å². The average Bonchev–Trinajstić information content (AvgIpc) is 2.83. The zero-order chi connectivity index (χ0) is 28.5. The van der Waals surface area contributed by atoms with Gasteiger partial charge in [0.15, 0.2) is 5.03 Å². The Morgan fingerprint density at radius 2 is 1.45 bits per heavy atom. The van der Waals surface area contributed by atoms with Crippen molar-refractivity contribution < 1.29 is 43.2 Å². The molecule has 0 amide bonds. The van der Waals surface area contributed by atoms with Crippen molar-refractivity contribution in [2.75, 3.05) is 0 Å². The minimum Gasteiger partial charge on any atom is -0.491 e. The second-order valence-electron chi connectivity index (χ2n) is 8.31. The van der Waals surface area contributed by atoms with Crippen molar-refractivity contribution in [1.29, 1.82) is 0 Å². The molecule has 1 heterocycles. The third-order valence-corrected chi connectivity index (χ3v) is 10.0. The Morgan fingerprint density at radius 3 is 1.97 bits per heavy atom. The molecular weight excluding hydrogens is 569 g/mol. The maximum absolute atomic E-state index is 13.5. The fraction of sp³-hybridized carbons (Fsp3) is 0.261. The van der Waals surface area contributed by atoms with Crippen LogP contribution in [-0.4, -0.2) is 41.8 Å². The van der Waals surface area contributed by atoms with Crippen molar-refractivity contribution in [3.8, 4) is 5.75 Å². The van der Waals surface area contributed by atoms with E-state index in [2.05, 4.69) is 4.98 Å². The van der Waals surface area contributed by atoms with Gasteiger partial charge >= 0.3 is 15.5 Å². The van der Waals surface area contributed by atoms with Crippen LogP contribution in [0.15, 0.2) is 86.6 Å². The first-order chi connectivity index (χ1) is 17.5. The molecular formula is C23H23F3N2O7S3. The first-order valence-corrected chi connectivity index (χ1v) is 15.3. The summed E-state index contributed by atoms with van der Waals surface area (Å²) in [6.07, 6.45) is 0.898. The van der Waals surface area contributed by atoms with Crippen LogP contribution >= 0.6 is 0 Å². The molecule has 0 bridgehead atoms. The van der Waals surface area contributed by atoms with Gasteiger partial charge in [0, 0.05) is 18.3 Å². The normalized spacial score (nSPS) is 13.9. The zero-order valence-electron chi connectivity index (χ0n) is 20.2. The first kappa shape index (κ1) is 29.5. The zero-order valence-corrected chi connectivity index (χ0v) is 22.6. The van der Waals surface area contributed by atoms with Crippen LogP contribution in [0.2, 0.25) is 0 Å². The molecule has 0 saturated heterocycles. The molecule has 3 aromatic rings. The van der Waals surface area contributed by atoms with Crippen LogP contribution in [0.1, 0.15) is 32.4 Å². The molecule has 3 rings (SSSR count). The highest BCUT2D eigenvalue weighted by atomic mass is 32.2. The Balaban J connectivity index is 2.07. The average molecular weight is 593 g/mol. The van der Waals surface area contributed by atoms with Crippen molar-refractivity contribution in [3.63, 3.8) is 0 Å². The van der Waals surface area contributed by atoms with Crippen LogP contribution in [0.5, 0.6) is 5.75 Å². The van der Waals surface area contributed by atoms with Crippen LogP contribution in [0.4, 0.5) is 13.2 Å². The van der Waals surface area contributed by atoms with Gasteiger partial charge < -0.3 is 4.74 Å². The number of alkyl halides is 3. The maximum atomic E-state index is 13.5. The molecule has 9 nitrogen and oxygen atoms in total. The smallest absolute Gasteiger partial charge is 0.491 e. The van der Waals surface area contributed by atoms with Gasteiger partial charge in [0.05, 0.1) is 20.8 Å². The third kappa shape index (κ3) is 6.17. The summed E-state index contributed by atoms with van der Waals surface area (Å²) in [5.41, 5.74) is -5.48. The quantitative estimate of drug-likeness (QED) is 0.393. The Hall–Kier alpha value is -3.01. The number of nitrogens with one attached hydrogen (secondary N) is 1.